The molecule has 1 aliphatic heterocycles. The average Bonchev–Trinajstić information content (AvgIpc) is 2.97. The van der Waals surface area contributed by atoms with Gasteiger partial charge < -0.3 is 20.5 Å². The molecule has 0 spiro atoms. The lowest BCUT2D eigenvalue weighted by molar-refractivity contribution is -0.137. The first-order valence-corrected chi connectivity index (χ1v) is 5.96. The minimum atomic E-state index is -1.07. The van der Waals surface area contributed by atoms with Gasteiger partial charge in [-0.15, -0.1) is 0 Å². The van der Waals surface area contributed by atoms with Crippen LogP contribution in [0.1, 0.15) is 23.2 Å². The van der Waals surface area contributed by atoms with E-state index in [0.717, 1.165) is 30.6 Å². The first-order valence-electron chi connectivity index (χ1n) is 5.96. The van der Waals surface area contributed by atoms with E-state index in [1.807, 2.05) is 4.90 Å². The van der Waals surface area contributed by atoms with Gasteiger partial charge in [-0.3, -0.25) is 4.79 Å². The lowest BCUT2D eigenvalue weighted by Gasteiger charge is -2.15. The molecule has 1 aromatic heterocycles. The number of carboxylic acids is 1. The zero-order valence-electron chi connectivity index (χ0n) is 10.6. The average molecular weight is 268 g/mol. The standard InChI is InChI=1S/C11H16N4O4/c1-19-11(18)8-9(12)15(6-7(16)17)13-10(8)14-4-2-3-5-14/h2-6,12H2,1H3,(H,16,17). The largest absolute Gasteiger partial charge is 0.480 e. The molecule has 0 aliphatic carbocycles. The fourth-order valence-electron chi connectivity index (χ4n) is 2.16. The van der Waals surface area contributed by atoms with E-state index >= 15 is 0 Å². The molecule has 3 N–H and O–H groups in total. The number of nitrogens with zero attached hydrogens (tertiary/aromatic N) is 3. The fourth-order valence-corrected chi connectivity index (χ4v) is 2.16. The molecule has 1 fully saturated rings. The van der Waals surface area contributed by atoms with Gasteiger partial charge in [0.15, 0.2) is 5.82 Å². The van der Waals surface area contributed by atoms with E-state index in [9.17, 15) is 9.59 Å². The summed E-state index contributed by atoms with van der Waals surface area (Å²) in [4.78, 5) is 24.5. The van der Waals surface area contributed by atoms with E-state index in [0.29, 0.717) is 5.82 Å². The summed E-state index contributed by atoms with van der Waals surface area (Å²) in [6.45, 7) is 1.16. The van der Waals surface area contributed by atoms with Gasteiger partial charge in [-0.1, -0.05) is 0 Å². The summed E-state index contributed by atoms with van der Waals surface area (Å²) >= 11 is 0. The first-order chi connectivity index (χ1) is 9.04. The summed E-state index contributed by atoms with van der Waals surface area (Å²) in [5, 5.41) is 12.9. The number of carbonyl (C=O) groups excluding carboxylic acids is 1. The number of nitrogen functional groups attached to an aromatic ring is 1. The Morgan fingerprint density at radius 1 is 1.42 bits per heavy atom. The van der Waals surface area contributed by atoms with Gasteiger partial charge in [0.05, 0.1) is 7.11 Å². The van der Waals surface area contributed by atoms with Gasteiger partial charge in [0.25, 0.3) is 0 Å². The Bertz CT molecular complexity index is 505. The Morgan fingerprint density at radius 2 is 2.05 bits per heavy atom. The second-order valence-electron chi connectivity index (χ2n) is 4.32. The summed E-state index contributed by atoms with van der Waals surface area (Å²) in [5.41, 5.74) is 5.95. The monoisotopic (exact) mass is 268 g/mol. The molecular formula is C11H16N4O4. The van der Waals surface area contributed by atoms with Crippen LogP contribution >= 0.6 is 0 Å². The van der Waals surface area contributed by atoms with Gasteiger partial charge in [0.2, 0.25) is 0 Å². The summed E-state index contributed by atoms with van der Waals surface area (Å²) in [7, 11) is 1.25. The van der Waals surface area contributed by atoms with Gasteiger partial charge in [0.1, 0.15) is 17.9 Å². The predicted molar refractivity (Wildman–Crippen MR) is 67.1 cm³/mol. The maximum absolute atomic E-state index is 11.8. The Hall–Kier alpha value is -2.25. The molecule has 1 aromatic rings. The van der Waals surface area contributed by atoms with E-state index in [1.54, 1.807) is 0 Å². The Balaban J connectivity index is 2.44. The molecule has 0 radical (unpaired) electrons. The van der Waals surface area contributed by atoms with Crippen LogP contribution in [0.5, 0.6) is 0 Å². The van der Waals surface area contributed by atoms with Gasteiger partial charge in [-0.05, 0) is 12.8 Å². The number of hydrogen-bond donors (Lipinski definition) is 2. The Morgan fingerprint density at radius 3 is 2.58 bits per heavy atom. The number of anilines is 2. The van der Waals surface area contributed by atoms with Gasteiger partial charge in [-0.25, -0.2) is 9.48 Å². The van der Waals surface area contributed by atoms with Crippen LogP contribution in [0.2, 0.25) is 0 Å². The number of aromatic nitrogens is 2. The third-order valence-corrected chi connectivity index (χ3v) is 3.05. The van der Waals surface area contributed by atoms with Crippen molar-refractivity contribution in [2.45, 2.75) is 19.4 Å². The van der Waals surface area contributed by atoms with Crippen molar-refractivity contribution in [1.82, 2.24) is 9.78 Å². The van der Waals surface area contributed by atoms with E-state index in [4.69, 9.17) is 10.8 Å². The molecule has 8 nitrogen and oxygen atoms in total. The number of ether oxygens (including phenoxy) is 1. The van der Waals surface area contributed by atoms with E-state index in [-0.39, 0.29) is 17.9 Å². The molecule has 0 atom stereocenters. The Kier molecular flexibility index (Phi) is 3.59. The van der Waals surface area contributed by atoms with Crippen LogP contribution in [0.3, 0.4) is 0 Å². The number of carbonyl (C=O) groups is 2. The highest BCUT2D eigenvalue weighted by Gasteiger charge is 2.28. The molecule has 2 rings (SSSR count). The number of nitrogens with two attached hydrogens (primary N) is 1. The minimum Gasteiger partial charge on any atom is -0.480 e. The van der Waals surface area contributed by atoms with Crippen LogP contribution in [0.4, 0.5) is 11.6 Å². The lowest BCUT2D eigenvalue weighted by atomic mass is 10.3. The van der Waals surface area contributed by atoms with Crippen LogP contribution in [-0.4, -0.2) is 47.0 Å². The van der Waals surface area contributed by atoms with Gasteiger partial charge in [-0.2, -0.15) is 5.10 Å². The van der Waals surface area contributed by atoms with Crippen molar-refractivity contribution in [2.75, 3.05) is 30.8 Å². The molecule has 0 unspecified atom stereocenters. The van der Waals surface area contributed by atoms with Crippen molar-refractivity contribution in [2.24, 2.45) is 0 Å². The highest BCUT2D eigenvalue weighted by atomic mass is 16.5. The maximum Gasteiger partial charge on any atom is 0.345 e. The fraction of sp³-hybridized carbons (Fsp3) is 0.545. The maximum atomic E-state index is 11.8. The third-order valence-electron chi connectivity index (χ3n) is 3.05. The van der Waals surface area contributed by atoms with Crippen molar-refractivity contribution in [3.63, 3.8) is 0 Å². The van der Waals surface area contributed by atoms with Crippen LogP contribution in [0.15, 0.2) is 0 Å². The van der Waals surface area contributed by atoms with Crippen molar-refractivity contribution in [1.29, 1.82) is 0 Å². The molecular weight excluding hydrogens is 252 g/mol. The number of methoxy groups -OCH3 is 1. The van der Waals surface area contributed by atoms with Crippen LogP contribution in [0.25, 0.3) is 0 Å². The summed E-state index contributed by atoms with van der Waals surface area (Å²) in [6, 6.07) is 0. The highest BCUT2D eigenvalue weighted by molar-refractivity contribution is 6.00. The number of hydrogen-bond acceptors (Lipinski definition) is 6. The number of aliphatic carboxylic acids is 1. The summed E-state index contributed by atoms with van der Waals surface area (Å²) in [6.07, 6.45) is 2.01. The Labute approximate surface area is 109 Å². The van der Waals surface area contributed by atoms with Gasteiger partial charge >= 0.3 is 11.9 Å². The smallest absolute Gasteiger partial charge is 0.345 e. The number of esters is 1. The quantitative estimate of drug-likeness (QED) is 0.735. The van der Waals surface area contributed by atoms with Crippen LogP contribution in [0, 0.1) is 0 Å². The predicted octanol–water partition coefficient (Wildman–Crippen LogP) is -0.0633. The molecule has 104 valence electrons. The zero-order valence-corrected chi connectivity index (χ0v) is 10.6. The van der Waals surface area contributed by atoms with E-state index < -0.39 is 11.9 Å². The van der Waals surface area contributed by atoms with E-state index in [2.05, 4.69) is 9.84 Å². The molecule has 2 heterocycles. The van der Waals surface area contributed by atoms with Gasteiger partial charge in [0, 0.05) is 13.1 Å². The molecule has 0 bridgehead atoms. The summed E-state index contributed by atoms with van der Waals surface area (Å²) in [5.74, 6) is -1.24. The first kappa shape index (κ1) is 13.2. The topological polar surface area (TPSA) is 111 Å². The number of rotatable bonds is 4. The molecule has 0 saturated carbocycles. The minimum absolute atomic E-state index is 0.0242. The zero-order chi connectivity index (χ0) is 14.0. The molecule has 19 heavy (non-hydrogen) atoms. The molecule has 1 saturated heterocycles. The second kappa shape index (κ2) is 5.17. The summed E-state index contributed by atoms with van der Waals surface area (Å²) < 4.78 is 5.80. The molecule has 1 aliphatic rings. The highest BCUT2D eigenvalue weighted by Crippen LogP contribution is 2.28. The molecule has 0 aromatic carbocycles. The van der Waals surface area contributed by atoms with Crippen LogP contribution in [-0.2, 0) is 16.1 Å². The molecule has 8 heteroatoms. The van der Waals surface area contributed by atoms with Crippen molar-refractivity contribution in [3.8, 4) is 0 Å². The SMILES string of the molecule is COC(=O)c1c(N2CCCC2)nn(CC(=O)O)c1N. The van der Waals surface area contributed by atoms with Crippen molar-refractivity contribution >= 4 is 23.6 Å². The van der Waals surface area contributed by atoms with Crippen LogP contribution < -0.4 is 10.6 Å². The van der Waals surface area contributed by atoms with Crippen molar-refractivity contribution in [3.05, 3.63) is 5.56 Å². The lowest BCUT2D eigenvalue weighted by Crippen LogP contribution is -2.21. The van der Waals surface area contributed by atoms with E-state index in [1.165, 1.54) is 7.11 Å². The molecule has 0 amide bonds. The normalized spacial score (nSPS) is 14.7. The second-order valence-corrected chi connectivity index (χ2v) is 4.32. The number of carboxylic acid groups (broad SMARTS) is 1. The third kappa shape index (κ3) is 2.47. The van der Waals surface area contributed by atoms with Crippen molar-refractivity contribution < 1.29 is 19.4 Å².